The van der Waals surface area contributed by atoms with Crippen molar-refractivity contribution in [2.75, 3.05) is 24.7 Å². The molecule has 1 aliphatic heterocycles. The molecule has 0 bridgehead atoms. The summed E-state index contributed by atoms with van der Waals surface area (Å²) in [5.74, 6) is 2.49. The normalized spacial score (nSPS) is 22.2. The molecule has 0 spiro atoms. The van der Waals surface area contributed by atoms with E-state index in [1.54, 1.807) is 0 Å². The van der Waals surface area contributed by atoms with Crippen LogP contribution >= 0.6 is 23.5 Å². The minimum absolute atomic E-state index is 0.0584. The Balaban J connectivity index is 2.39. The summed E-state index contributed by atoms with van der Waals surface area (Å²) in [7, 11) is 0. The predicted molar refractivity (Wildman–Crippen MR) is 60.2 cm³/mol. The second-order valence-corrected chi connectivity index (χ2v) is 7.07. The van der Waals surface area contributed by atoms with Crippen molar-refractivity contribution in [3.63, 3.8) is 0 Å². The van der Waals surface area contributed by atoms with E-state index >= 15 is 0 Å². The van der Waals surface area contributed by atoms with Crippen LogP contribution in [0.4, 0.5) is 0 Å². The van der Waals surface area contributed by atoms with Gasteiger partial charge in [0.15, 0.2) is 0 Å². The summed E-state index contributed by atoms with van der Waals surface area (Å²) in [6.45, 7) is 2.43. The van der Waals surface area contributed by atoms with Crippen molar-refractivity contribution in [1.82, 2.24) is 0 Å². The first-order valence-electron chi connectivity index (χ1n) is 4.70. The van der Waals surface area contributed by atoms with E-state index in [0.717, 1.165) is 6.42 Å². The molecule has 1 rings (SSSR count). The van der Waals surface area contributed by atoms with Gasteiger partial charge in [-0.15, -0.1) is 23.5 Å². The molecule has 1 heterocycles. The summed E-state index contributed by atoms with van der Waals surface area (Å²) >= 11 is 3.93. The minimum atomic E-state index is 0.0584. The molecule has 4 heteroatoms. The van der Waals surface area contributed by atoms with Crippen molar-refractivity contribution in [1.29, 1.82) is 0 Å². The summed E-state index contributed by atoms with van der Waals surface area (Å²) in [5, 5.41) is 18.0. The van der Waals surface area contributed by atoms with Gasteiger partial charge in [0.2, 0.25) is 0 Å². The molecule has 2 nitrogen and oxygen atoms in total. The summed E-state index contributed by atoms with van der Waals surface area (Å²) in [4.78, 5) is 0. The molecular weight excluding hydrogens is 204 g/mol. The van der Waals surface area contributed by atoms with Gasteiger partial charge in [-0.25, -0.2) is 0 Å². The van der Waals surface area contributed by atoms with Crippen LogP contribution in [0.3, 0.4) is 0 Å². The van der Waals surface area contributed by atoms with Crippen LogP contribution in [0.1, 0.15) is 19.8 Å². The van der Waals surface area contributed by atoms with Gasteiger partial charge in [-0.3, -0.25) is 0 Å². The average Bonchev–Trinajstić information content (AvgIpc) is 2.15. The van der Waals surface area contributed by atoms with E-state index < -0.39 is 0 Å². The van der Waals surface area contributed by atoms with Crippen molar-refractivity contribution >= 4 is 23.5 Å². The molecule has 1 saturated heterocycles. The van der Waals surface area contributed by atoms with Crippen LogP contribution in [0.5, 0.6) is 0 Å². The van der Waals surface area contributed by atoms with E-state index in [0.29, 0.717) is 0 Å². The van der Waals surface area contributed by atoms with Gasteiger partial charge in [0.25, 0.3) is 0 Å². The maximum atomic E-state index is 8.99. The Morgan fingerprint density at radius 2 is 1.77 bits per heavy atom. The fraction of sp³-hybridized carbons (Fsp3) is 1.00. The van der Waals surface area contributed by atoms with Crippen molar-refractivity contribution in [2.45, 2.75) is 23.8 Å². The van der Waals surface area contributed by atoms with E-state index in [4.69, 9.17) is 10.2 Å². The maximum Gasteiger partial charge on any atom is 0.0587 e. The van der Waals surface area contributed by atoms with Crippen LogP contribution in [0.25, 0.3) is 0 Å². The van der Waals surface area contributed by atoms with Gasteiger partial charge in [0.05, 0.1) is 4.08 Å². The Labute approximate surface area is 88.5 Å². The topological polar surface area (TPSA) is 40.5 Å². The summed E-state index contributed by atoms with van der Waals surface area (Å²) in [6, 6.07) is 0. The van der Waals surface area contributed by atoms with Crippen LogP contribution in [0.15, 0.2) is 0 Å². The Hall–Kier alpha value is 0.620. The number of aliphatic hydroxyl groups is 2. The zero-order chi connectivity index (χ0) is 9.73. The molecule has 0 aliphatic carbocycles. The molecule has 0 radical (unpaired) electrons. The average molecular weight is 222 g/mol. The molecule has 78 valence electrons. The van der Waals surface area contributed by atoms with E-state index in [1.807, 2.05) is 23.5 Å². The molecule has 0 atom stereocenters. The zero-order valence-corrected chi connectivity index (χ0v) is 9.66. The van der Waals surface area contributed by atoms with Crippen molar-refractivity contribution < 1.29 is 10.2 Å². The highest BCUT2D eigenvalue weighted by Crippen LogP contribution is 2.45. The molecule has 0 aromatic rings. The smallest absolute Gasteiger partial charge is 0.0587 e. The van der Waals surface area contributed by atoms with E-state index in [-0.39, 0.29) is 23.2 Å². The first kappa shape index (κ1) is 11.7. The first-order valence-corrected chi connectivity index (χ1v) is 6.67. The number of hydrogen-bond acceptors (Lipinski definition) is 4. The molecule has 0 aromatic carbocycles. The molecule has 1 aliphatic rings. The van der Waals surface area contributed by atoms with Crippen LogP contribution in [0, 0.1) is 5.92 Å². The lowest BCUT2D eigenvalue weighted by Crippen LogP contribution is -2.27. The molecular formula is C9H18O2S2. The molecule has 0 amide bonds. The van der Waals surface area contributed by atoms with Gasteiger partial charge in [0.1, 0.15) is 0 Å². The lowest BCUT2D eigenvalue weighted by atomic mass is 10.1. The summed E-state index contributed by atoms with van der Waals surface area (Å²) < 4.78 is 0.217. The monoisotopic (exact) mass is 222 g/mol. The third-order valence-corrected chi connectivity index (χ3v) is 5.53. The maximum absolute atomic E-state index is 8.99. The Morgan fingerprint density at radius 1 is 1.23 bits per heavy atom. The fourth-order valence-corrected chi connectivity index (χ4v) is 4.67. The van der Waals surface area contributed by atoms with Crippen LogP contribution in [-0.2, 0) is 0 Å². The van der Waals surface area contributed by atoms with E-state index in [2.05, 4.69) is 6.92 Å². The van der Waals surface area contributed by atoms with Crippen molar-refractivity contribution in [3.8, 4) is 0 Å². The third-order valence-electron chi connectivity index (χ3n) is 2.28. The zero-order valence-electron chi connectivity index (χ0n) is 8.03. The molecule has 0 saturated carbocycles. The van der Waals surface area contributed by atoms with Gasteiger partial charge in [-0.2, -0.15) is 0 Å². The Bertz CT molecular complexity index is 143. The predicted octanol–water partition coefficient (Wildman–Crippen LogP) is 1.56. The molecule has 0 aromatic heterocycles. The summed E-state index contributed by atoms with van der Waals surface area (Å²) in [6.07, 6.45) is 2.20. The number of hydrogen-bond donors (Lipinski definition) is 2. The van der Waals surface area contributed by atoms with Gasteiger partial charge in [0, 0.05) is 19.1 Å². The Morgan fingerprint density at radius 3 is 2.23 bits per heavy atom. The van der Waals surface area contributed by atoms with Gasteiger partial charge in [-0.1, -0.05) is 0 Å². The molecule has 13 heavy (non-hydrogen) atoms. The Kier molecular flexibility index (Phi) is 4.94. The number of aliphatic hydroxyl groups excluding tert-OH is 2. The standard InChI is InChI=1S/C9H18O2S2/c1-9(5-8(6-10)7-11)12-3-2-4-13-9/h8,10-11H,2-7H2,1H3. The summed E-state index contributed by atoms with van der Waals surface area (Å²) in [5.41, 5.74) is 0. The van der Waals surface area contributed by atoms with Crippen molar-refractivity contribution in [3.05, 3.63) is 0 Å². The van der Waals surface area contributed by atoms with E-state index in [1.165, 1.54) is 17.9 Å². The van der Waals surface area contributed by atoms with E-state index in [9.17, 15) is 0 Å². The number of rotatable bonds is 4. The lowest BCUT2D eigenvalue weighted by Gasteiger charge is -2.34. The highest BCUT2D eigenvalue weighted by Gasteiger charge is 2.30. The largest absolute Gasteiger partial charge is 0.396 e. The minimum Gasteiger partial charge on any atom is -0.396 e. The quantitative estimate of drug-likeness (QED) is 0.757. The van der Waals surface area contributed by atoms with Crippen LogP contribution in [-0.4, -0.2) is 39.0 Å². The van der Waals surface area contributed by atoms with Gasteiger partial charge in [-0.05, 0) is 31.3 Å². The second kappa shape index (κ2) is 5.49. The lowest BCUT2D eigenvalue weighted by molar-refractivity contribution is 0.142. The highest BCUT2D eigenvalue weighted by molar-refractivity contribution is 8.18. The first-order chi connectivity index (χ1) is 6.20. The molecule has 2 N–H and O–H groups in total. The van der Waals surface area contributed by atoms with Gasteiger partial charge < -0.3 is 10.2 Å². The molecule has 1 fully saturated rings. The highest BCUT2D eigenvalue weighted by atomic mass is 32.2. The third kappa shape index (κ3) is 3.70. The fourth-order valence-electron chi connectivity index (χ4n) is 1.51. The SMILES string of the molecule is CC1(CC(CO)CO)SCCCS1. The number of thioether (sulfide) groups is 2. The van der Waals surface area contributed by atoms with Gasteiger partial charge >= 0.3 is 0 Å². The van der Waals surface area contributed by atoms with Crippen molar-refractivity contribution in [2.24, 2.45) is 5.92 Å². The van der Waals surface area contributed by atoms with Crippen LogP contribution < -0.4 is 0 Å². The second-order valence-electron chi connectivity index (χ2n) is 3.62. The molecule has 0 unspecified atom stereocenters. The van der Waals surface area contributed by atoms with Crippen LogP contribution in [0.2, 0.25) is 0 Å².